The zero-order valence-corrected chi connectivity index (χ0v) is 10.6. The fraction of sp³-hybridized carbons (Fsp3) is 0.846. The van der Waals surface area contributed by atoms with Crippen molar-refractivity contribution in [3.05, 3.63) is 0 Å². The molecule has 2 heterocycles. The Labute approximate surface area is 103 Å². The van der Waals surface area contributed by atoms with Crippen molar-refractivity contribution in [2.75, 3.05) is 13.2 Å². The Bertz CT molecular complexity index is 334. The van der Waals surface area contributed by atoms with E-state index >= 15 is 0 Å². The molecule has 2 aliphatic rings. The second-order valence-electron chi connectivity index (χ2n) is 5.42. The lowest BCUT2D eigenvalue weighted by Crippen LogP contribution is -2.56. The predicted octanol–water partition coefficient (Wildman–Crippen LogP) is 1.71. The molecule has 1 amide bonds. The van der Waals surface area contributed by atoms with Gasteiger partial charge in [0.1, 0.15) is 0 Å². The Morgan fingerprint density at radius 1 is 1.41 bits per heavy atom. The van der Waals surface area contributed by atoms with Crippen LogP contribution in [0.25, 0.3) is 0 Å². The van der Waals surface area contributed by atoms with Gasteiger partial charge in [-0.2, -0.15) is 5.26 Å². The second-order valence-corrected chi connectivity index (χ2v) is 5.42. The Morgan fingerprint density at radius 3 is 2.47 bits per heavy atom. The lowest BCUT2D eigenvalue weighted by Gasteiger charge is -2.46. The highest BCUT2D eigenvalue weighted by Gasteiger charge is 2.41. The monoisotopic (exact) mass is 236 g/mol. The van der Waals surface area contributed by atoms with E-state index < -0.39 is 5.41 Å². The Hall–Kier alpha value is -1.08. The minimum absolute atomic E-state index is 0.139. The summed E-state index contributed by atoms with van der Waals surface area (Å²) in [6.45, 7) is 5.35. The van der Waals surface area contributed by atoms with Crippen molar-refractivity contribution in [3.63, 3.8) is 0 Å². The zero-order chi connectivity index (χ0) is 12.5. The molecule has 0 aromatic heterocycles. The molecule has 0 spiro atoms. The van der Waals surface area contributed by atoms with Gasteiger partial charge in [0, 0.05) is 31.7 Å². The molecule has 17 heavy (non-hydrogen) atoms. The second kappa shape index (κ2) is 4.66. The summed E-state index contributed by atoms with van der Waals surface area (Å²) >= 11 is 0. The van der Waals surface area contributed by atoms with E-state index in [-0.39, 0.29) is 5.91 Å². The first-order chi connectivity index (χ1) is 8.08. The van der Waals surface area contributed by atoms with Gasteiger partial charge in [-0.1, -0.05) is 0 Å². The minimum Gasteiger partial charge on any atom is -0.381 e. The van der Waals surface area contributed by atoms with Gasteiger partial charge in [0.05, 0.1) is 11.5 Å². The molecule has 0 radical (unpaired) electrons. The van der Waals surface area contributed by atoms with Gasteiger partial charge in [0.2, 0.25) is 5.91 Å². The van der Waals surface area contributed by atoms with Crippen LogP contribution in [0.1, 0.15) is 39.5 Å². The van der Waals surface area contributed by atoms with Crippen LogP contribution in [0.2, 0.25) is 0 Å². The smallest absolute Gasteiger partial charge is 0.224 e. The van der Waals surface area contributed by atoms with E-state index in [1.807, 2.05) is 4.90 Å². The van der Waals surface area contributed by atoms with Gasteiger partial charge in [-0.25, -0.2) is 0 Å². The van der Waals surface area contributed by atoms with Crippen LogP contribution in [0.15, 0.2) is 0 Å². The van der Waals surface area contributed by atoms with Crippen molar-refractivity contribution < 1.29 is 9.53 Å². The van der Waals surface area contributed by atoms with Crippen LogP contribution in [0.5, 0.6) is 0 Å². The van der Waals surface area contributed by atoms with Gasteiger partial charge in [0.25, 0.3) is 0 Å². The molecule has 2 saturated heterocycles. The van der Waals surface area contributed by atoms with E-state index in [0.29, 0.717) is 44.6 Å². The van der Waals surface area contributed by atoms with E-state index in [0.717, 1.165) is 6.42 Å². The van der Waals surface area contributed by atoms with Crippen molar-refractivity contribution in [2.24, 2.45) is 5.41 Å². The summed E-state index contributed by atoms with van der Waals surface area (Å²) in [6.07, 6.45) is 2.81. The van der Waals surface area contributed by atoms with Gasteiger partial charge in [-0.3, -0.25) is 4.79 Å². The van der Waals surface area contributed by atoms with Crippen LogP contribution >= 0.6 is 0 Å². The highest BCUT2D eigenvalue weighted by Crippen LogP contribution is 2.36. The van der Waals surface area contributed by atoms with Crippen molar-refractivity contribution >= 4 is 5.91 Å². The fourth-order valence-electron chi connectivity index (χ4n) is 2.98. The molecule has 94 valence electrons. The maximum Gasteiger partial charge on any atom is 0.224 e. The molecule has 4 nitrogen and oxygen atoms in total. The molecule has 2 rings (SSSR count). The molecule has 2 fully saturated rings. The molecular weight excluding hydrogens is 216 g/mol. The molecule has 0 saturated carbocycles. The standard InChI is InChI=1S/C13H20N2O2/c1-10-7-11(2)15(10)12(16)8-13(9-14)3-5-17-6-4-13/h10-11H,3-8H2,1-2H3. The zero-order valence-electron chi connectivity index (χ0n) is 10.6. The first-order valence-electron chi connectivity index (χ1n) is 6.38. The van der Waals surface area contributed by atoms with Crippen LogP contribution in [0.3, 0.4) is 0 Å². The van der Waals surface area contributed by atoms with E-state index in [2.05, 4.69) is 19.9 Å². The lowest BCUT2D eigenvalue weighted by molar-refractivity contribution is -0.145. The molecule has 0 aromatic rings. The summed E-state index contributed by atoms with van der Waals surface area (Å²) in [7, 11) is 0. The summed E-state index contributed by atoms with van der Waals surface area (Å²) in [5.41, 5.74) is -0.482. The molecule has 2 atom stereocenters. The minimum atomic E-state index is -0.482. The highest BCUT2D eigenvalue weighted by atomic mass is 16.5. The van der Waals surface area contributed by atoms with Crippen LogP contribution < -0.4 is 0 Å². The topological polar surface area (TPSA) is 53.3 Å². The number of hydrogen-bond donors (Lipinski definition) is 0. The SMILES string of the molecule is CC1CC(C)N1C(=O)CC1(C#N)CCOCC1. The molecular formula is C13H20N2O2. The molecule has 2 unspecified atom stereocenters. The number of rotatable bonds is 2. The van der Waals surface area contributed by atoms with E-state index in [1.165, 1.54) is 0 Å². The van der Waals surface area contributed by atoms with Crippen LogP contribution in [0, 0.1) is 16.7 Å². The largest absolute Gasteiger partial charge is 0.381 e. The van der Waals surface area contributed by atoms with Crippen molar-refractivity contribution in [2.45, 2.75) is 51.6 Å². The number of amides is 1. The van der Waals surface area contributed by atoms with Gasteiger partial charge in [-0.15, -0.1) is 0 Å². The summed E-state index contributed by atoms with van der Waals surface area (Å²) in [5.74, 6) is 0.139. The molecule has 4 heteroatoms. The van der Waals surface area contributed by atoms with Crippen molar-refractivity contribution in [3.8, 4) is 6.07 Å². The van der Waals surface area contributed by atoms with Crippen LogP contribution in [0.4, 0.5) is 0 Å². The van der Waals surface area contributed by atoms with E-state index in [9.17, 15) is 10.1 Å². The fourth-order valence-corrected chi connectivity index (χ4v) is 2.98. The summed E-state index contributed by atoms with van der Waals surface area (Å²) in [5, 5.41) is 9.32. The average Bonchev–Trinajstić information content (AvgIpc) is 2.29. The first-order valence-corrected chi connectivity index (χ1v) is 6.38. The molecule has 0 N–H and O–H groups in total. The number of ether oxygens (including phenoxy) is 1. The first kappa shape index (κ1) is 12.4. The number of carbonyl (C=O) groups excluding carboxylic acids is 1. The lowest BCUT2D eigenvalue weighted by atomic mass is 9.77. The Morgan fingerprint density at radius 2 is 2.00 bits per heavy atom. The van der Waals surface area contributed by atoms with Gasteiger partial charge >= 0.3 is 0 Å². The quantitative estimate of drug-likeness (QED) is 0.733. The third-order valence-electron chi connectivity index (χ3n) is 4.10. The average molecular weight is 236 g/mol. The predicted molar refractivity (Wildman–Crippen MR) is 63.1 cm³/mol. The summed E-state index contributed by atoms with van der Waals surface area (Å²) < 4.78 is 5.28. The van der Waals surface area contributed by atoms with E-state index in [4.69, 9.17) is 4.74 Å². The number of likely N-dealkylation sites (tertiary alicyclic amines) is 1. The molecule has 0 aromatic carbocycles. The highest BCUT2D eigenvalue weighted by molar-refractivity contribution is 5.79. The summed E-state index contributed by atoms with van der Waals surface area (Å²) in [4.78, 5) is 14.1. The number of carbonyl (C=O) groups is 1. The summed E-state index contributed by atoms with van der Waals surface area (Å²) in [6, 6.07) is 3.04. The Balaban J connectivity index is 1.99. The van der Waals surface area contributed by atoms with Crippen LogP contribution in [-0.2, 0) is 9.53 Å². The normalized spacial score (nSPS) is 31.5. The third-order valence-corrected chi connectivity index (χ3v) is 4.10. The van der Waals surface area contributed by atoms with Crippen molar-refractivity contribution in [1.29, 1.82) is 5.26 Å². The maximum absolute atomic E-state index is 12.2. The number of nitrogens with zero attached hydrogens (tertiary/aromatic N) is 2. The van der Waals surface area contributed by atoms with Gasteiger partial charge in [-0.05, 0) is 33.1 Å². The van der Waals surface area contributed by atoms with E-state index in [1.54, 1.807) is 0 Å². The number of hydrogen-bond acceptors (Lipinski definition) is 3. The Kier molecular flexibility index (Phi) is 3.39. The van der Waals surface area contributed by atoms with Gasteiger partial charge < -0.3 is 9.64 Å². The van der Waals surface area contributed by atoms with Crippen LogP contribution in [-0.4, -0.2) is 36.1 Å². The van der Waals surface area contributed by atoms with Gasteiger partial charge in [0.15, 0.2) is 0 Å². The third kappa shape index (κ3) is 2.30. The molecule has 2 aliphatic heterocycles. The number of nitriles is 1. The van der Waals surface area contributed by atoms with Crippen molar-refractivity contribution in [1.82, 2.24) is 4.90 Å². The molecule has 0 aliphatic carbocycles. The maximum atomic E-state index is 12.2. The molecule has 0 bridgehead atoms.